The van der Waals surface area contributed by atoms with Crippen molar-refractivity contribution in [2.45, 2.75) is 6.42 Å². The molecule has 28 heavy (non-hydrogen) atoms. The van der Waals surface area contributed by atoms with Gasteiger partial charge in [-0.3, -0.25) is 4.79 Å². The summed E-state index contributed by atoms with van der Waals surface area (Å²) in [6.07, 6.45) is 0.555. The molecule has 0 aliphatic rings. The van der Waals surface area contributed by atoms with Crippen LogP contribution in [0.25, 0.3) is 21.9 Å². The number of hydrogen-bond acceptors (Lipinski definition) is 3. The number of H-pyrrole nitrogens is 1. The number of benzene rings is 3. The summed E-state index contributed by atoms with van der Waals surface area (Å²) in [5.74, 6) is -0.635. The van der Waals surface area contributed by atoms with Gasteiger partial charge >= 0.3 is 5.97 Å². The van der Waals surface area contributed by atoms with Gasteiger partial charge in [0.2, 0.25) is 0 Å². The molecule has 3 aromatic carbocycles. The maximum Gasteiger partial charge on any atom is 0.343 e. The van der Waals surface area contributed by atoms with Crippen molar-refractivity contribution in [2.24, 2.45) is 0 Å². The molecule has 4 heteroatoms. The van der Waals surface area contributed by atoms with Crippen molar-refractivity contribution in [1.82, 2.24) is 4.98 Å². The summed E-state index contributed by atoms with van der Waals surface area (Å²) in [7, 11) is 1.26. The first-order valence-electron chi connectivity index (χ1n) is 9.03. The van der Waals surface area contributed by atoms with Gasteiger partial charge in [-0.2, -0.15) is 0 Å². The van der Waals surface area contributed by atoms with Gasteiger partial charge in [0.1, 0.15) is 5.56 Å². The highest BCUT2D eigenvalue weighted by Gasteiger charge is 2.12. The molecule has 1 heterocycles. The minimum atomic E-state index is -0.635. The van der Waals surface area contributed by atoms with Crippen LogP contribution in [0, 0.1) is 0 Å². The zero-order valence-corrected chi connectivity index (χ0v) is 15.4. The van der Waals surface area contributed by atoms with Crippen LogP contribution in [0.1, 0.15) is 21.6 Å². The first-order chi connectivity index (χ1) is 13.7. The van der Waals surface area contributed by atoms with Crippen LogP contribution in [0.15, 0.2) is 83.7 Å². The Morgan fingerprint density at radius 3 is 2.43 bits per heavy atom. The zero-order valence-electron chi connectivity index (χ0n) is 15.4. The van der Waals surface area contributed by atoms with Gasteiger partial charge in [0.15, 0.2) is 0 Å². The number of fused-ring (bicyclic) bond motifs is 1. The van der Waals surface area contributed by atoms with Crippen LogP contribution in [0.2, 0.25) is 0 Å². The standard InChI is InChI=1S/C24H19NO3/c1-28-24(27)22-13-12-20(25-23(22)26)15-18-8-4-5-9-21(18)19-11-10-16-6-2-3-7-17(16)14-19/h2-14H,15H2,1H3,(H,25,26). The van der Waals surface area contributed by atoms with Crippen molar-refractivity contribution in [1.29, 1.82) is 0 Å². The second-order valence-electron chi connectivity index (χ2n) is 6.61. The van der Waals surface area contributed by atoms with E-state index >= 15 is 0 Å². The number of esters is 1. The third kappa shape index (κ3) is 3.45. The monoisotopic (exact) mass is 369 g/mol. The van der Waals surface area contributed by atoms with E-state index in [1.165, 1.54) is 23.9 Å². The predicted octanol–water partition coefficient (Wildman–Crippen LogP) is 4.57. The topological polar surface area (TPSA) is 59.2 Å². The van der Waals surface area contributed by atoms with Crippen LogP contribution in [0.3, 0.4) is 0 Å². The Hall–Kier alpha value is -3.66. The molecule has 1 N–H and O–H groups in total. The molecule has 1 aromatic heterocycles. The van der Waals surface area contributed by atoms with Gasteiger partial charge in [-0.25, -0.2) is 4.79 Å². The molecule has 0 atom stereocenters. The highest BCUT2D eigenvalue weighted by Crippen LogP contribution is 2.28. The van der Waals surface area contributed by atoms with E-state index < -0.39 is 11.5 Å². The predicted molar refractivity (Wildman–Crippen MR) is 111 cm³/mol. The van der Waals surface area contributed by atoms with Crippen LogP contribution < -0.4 is 5.56 Å². The smallest absolute Gasteiger partial charge is 0.343 e. The molecule has 0 radical (unpaired) electrons. The number of rotatable bonds is 4. The summed E-state index contributed by atoms with van der Waals surface area (Å²) >= 11 is 0. The first kappa shape index (κ1) is 17.7. The van der Waals surface area contributed by atoms with Gasteiger partial charge in [0.25, 0.3) is 5.56 Å². The van der Waals surface area contributed by atoms with Gasteiger partial charge in [0, 0.05) is 12.1 Å². The molecule has 0 fully saturated rings. The summed E-state index contributed by atoms with van der Waals surface area (Å²) in [6, 6.07) is 26.1. The summed E-state index contributed by atoms with van der Waals surface area (Å²) in [6.45, 7) is 0. The summed E-state index contributed by atoms with van der Waals surface area (Å²) in [4.78, 5) is 26.6. The Morgan fingerprint density at radius 1 is 0.893 bits per heavy atom. The van der Waals surface area contributed by atoms with E-state index in [9.17, 15) is 9.59 Å². The lowest BCUT2D eigenvalue weighted by molar-refractivity contribution is 0.0598. The van der Waals surface area contributed by atoms with Crippen molar-refractivity contribution >= 4 is 16.7 Å². The molecule has 0 amide bonds. The quantitative estimate of drug-likeness (QED) is 0.536. The van der Waals surface area contributed by atoms with Crippen molar-refractivity contribution in [2.75, 3.05) is 7.11 Å². The van der Waals surface area contributed by atoms with Crippen LogP contribution in [0.4, 0.5) is 0 Å². The molecule has 0 aliphatic heterocycles. The third-order valence-electron chi connectivity index (χ3n) is 4.83. The maximum atomic E-state index is 12.2. The van der Waals surface area contributed by atoms with Gasteiger partial charge in [0.05, 0.1) is 7.11 Å². The van der Waals surface area contributed by atoms with Crippen molar-refractivity contribution in [3.63, 3.8) is 0 Å². The Labute approximate surface area is 162 Å². The van der Waals surface area contributed by atoms with Crippen LogP contribution >= 0.6 is 0 Å². The minimum absolute atomic E-state index is 0.00839. The molecule has 0 spiro atoms. The van der Waals surface area contributed by atoms with Gasteiger partial charge in [-0.15, -0.1) is 0 Å². The highest BCUT2D eigenvalue weighted by atomic mass is 16.5. The van der Waals surface area contributed by atoms with E-state index in [4.69, 9.17) is 0 Å². The number of carbonyl (C=O) groups is 1. The summed E-state index contributed by atoms with van der Waals surface area (Å²) in [5.41, 5.74) is 3.65. The lowest BCUT2D eigenvalue weighted by Crippen LogP contribution is -2.19. The fraction of sp³-hybridized carbons (Fsp3) is 0.0833. The average molecular weight is 369 g/mol. The molecule has 4 nitrogen and oxygen atoms in total. The van der Waals surface area contributed by atoms with Gasteiger partial charge in [-0.1, -0.05) is 60.7 Å². The van der Waals surface area contributed by atoms with Crippen molar-refractivity contribution < 1.29 is 9.53 Å². The largest absolute Gasteiger partial charge is 0.465 e. The van der Waals surface area contributed by atoms with Gasteiger partial charge in [-0.05, 0) is 45.7 Å². The number of pyridine rings is 1. The Balaban J connectivity index is 1.71. The van der Waals surface area contributed by atoms with E-state index in [1.54, 1.807) is 6.07 Å². The average Bonchev–Trinajstić information content (AvgIpc) is 2.73. The SMILES string of the molecule is COC(=O)c1ccc(Cc2ccccc2-c2ccc3ccccc3c2)[nH]c1=O. The summed E-state index contributed by atoms with van der Waals surface area (Å²) < 4.78 is 4.63. The molecule has 0 unspecified atom stereocenters. The molecule has 4 aromatic rings. The van der Waals surface area contributed by atoms with Gasteiger partial charge < -0.3 is 9.72 Å². The molecular formula is C24H19NO3. The lowest BCUT2D eigenvalue weighted by atomic mass is 9.95. The second kappa shape index (κ2) is 7.53. The normalized spacial score (nSPS) is 10.8. The Bertz CT molecular complexity index is 1220. The van der Waals surface area contributed by atoms with E-state index in [-0.39, 0.29) is 5.56 Å². The lowest BCUT2D eigenvalue weighted by Gasteiger charge is -2.11. The number of carbonyl (C=O) groups excluding carboxylic acids is 1. The maximum absolute atomic E-state index is 12.2. The molecule has 138 valence electrons. The Kier molecular flexibility index (Phi) is 4.77. The first-order valence-corrected chi connectivity index (χ1v) is 9.03. The number of nitrogens with one attached hydrogen (secondary N) is 1. The second-order valence-corrected chi connectivity index (χ2v) is 6.61. The van der Waals surface area contributed by atoms with Crippen LogP contribution in [0.5, 0.6) is 0 Å². The zero-order chi connectivity index (χ0) is 19.5. The van der Waals surface area contributed by atoms with Crippen LogP contribution in [-0.4, -0.2) is 18.1 Å². The van der Waals surface area contributed by atoms with E-state index in [0.29, 0.717) is 6.42 Å². The Morgan fingerprint density at radius 2 is 1.64 bits per heavy atom. The number of aromatic amines is 1. The fourth-order valence-corrected chi connectivity index (χ4v) is 3.41. The van der Waals surface area contributed by atoms with Crippen LogP contribution in [-0.2, 0) is 11.2 Å². The molecular weight excluding hydrogens is 350 g/mol. The number of aromatic nitrogens is 1. The molecule has 0 saturated carbocycles. The molecule has 0 bridgehead atoms. The minimum Gasteiger partial charge on any atom is -0.465 e. The highest BCUT2D eigenvalue weighted by molar-refractivity contribution is 5.89. The third-order valence-corrected chi connectivity index (χ3v) is 4.83. The molecule has 0 aliphatic carbocycles. The summed E-state index contributed by atoms with van der Waals surface area (Å²) in [5, 5.41) is 2.39. The molecule has 4 rings (SSSR count). The van der Waals surface area contributed by atoms with E-state index in [0.717, 1.165) is 22.4 Å². The number of hydrogen-bond donors (Lipinski definition) is 1. The van der Waals surface area contributed by atoms with E-state index in [1.807, 2.05) is 24.3 Å². The number of ether oxygens (including phenoxy) is 1. The molecule has 0 saturated heterocycles. The van der Waals surface area contributed by atoms with Crippen molar-refractivity contribution in [3.05, 3.63) is 106 Å². The van der Waals surface area contributed by atoms with E-state index in [2.05, 4.69) is 52.2 Å². The van der Waals surface area contributed by atoms with Crippen molar-refractivity contribution in [3.8, 4) is 11.1 Å². The fourth-order valence-electron chi connectivity index (χ4n) is 3.41. The number of methoxy groups -OCH3 is 1.